The van der Waals surface area contributed by atoms with Crippen LogP contribution in [0.25, 0.3) is 0 Å². The van der Waals surface area contributed by atoms with Gasteiger partial charge in [-0.05, 0) is 94.6 Å². The van der Waals surface area contributed by atoms with Gasteiger partial charge in [0, 0.05) is 6.04 Å². The topological polar surface area (TPSA) is 35.6 Å². The second-order valence-corrected chi connectivity index (χ2v) is 9.48. The van der Waals surface area contributed by atoms with Crippen molar-refractivity contribution in [2.45, 2.75) is 82.6 Å². The average molecular weight is 438 g/mol. The van der Waals surface area contributed by atoms with Crippen LogP contribution in [-0.2, 0) is 17.6 Å². The van der Waals surface area contributed by atoms with Gasteiger partial charge in [-0.3, -0.25) is 14.6 Å². The largest absolute Gasteiger partial charge is 0.401 e. The summed E-state index contributed by atoms with van der Waals surface area (Å²) in [7, 11) is 0. The Balaban J connectivity index is 1.33. The lowest BCUT2D eigenvalue weighted by molar-refractivity contribution is -0.149. The Morgan fingerprint density at radius 1 is 1.06 bits per heavy atom. The number of aryl methyl sites for hydroxylation is 2. The summed E-state index contributed by atoms with van der Waals surface area (Å²) in [6.07, 6.45) is 3.79. The monoisotopic (exact) mass is 437 g/mol. The highest BCUT2D eigenvalue weighted by atomic mass is 19.4. The third-order valence-corrected chi connectivity index (χ3v) is 7.26. The summed E-state index contributed by atoms with van der Waals surface area (Å²) in [6, 6.07) is 6.58. The van der Waals surface area contributed by atoms with Crippen molar-refractivity contribution in [2.75, 3.05) is 26.2 Å². The van der Waals surface area contributed by atoms with E-state index < -0.39 is 12.7 Å². The van der Waals surface area contributed by atoms with Gasteiger partial charge in [-0.1, -0.05) is 18.2 Å². The molecule has 1 aliphatic carbocycles. The molecule has 2 fully saturated rings. The molecule has 4 rings (SSSR count). The van der Waals surface area contributed by atoms with E-state index in [0.29, 0.717) is 25.9 Å². The Hall–Kier alpha value is -1.60. The summed E-state index contributed by atoms with van der Waals surface area (Å²) in [5.41, 5.74) is 4.00. The molecule has 0 aromatic heterocycles. The van der Waals surface area contributed by atoms with Gasteiger partial charge >= 0.3 is 6.18 Å². The zero-order chi connectivity index (χ0) is 22.0. The number of carbonyl (C=O) groups excluding carboxylic acids is 1. The van der Waals surface area contributed by atoms with E-state index >= 15 is 0 Å². The standard InChI is InChI=1S/C24H34F3N3O/c1-17(19-9-8-18-5-2-3-6-20(18)15-19)28-23(31)22-7-4-12-30(22)21-10-13-29(14-11-21)16-24(25,26)27/h8-9,15,17,21-22H,2-7,10-14,16H2,1H3,(H,28,31). The minimum Gasteiger partial charge on any atom is -0.348 e. The highest BCUT2D eigenvalue weighted by molar-refractivity contribution is 5.82. The maximum Gasteiger partial charge on any atom is 0.401 e. The first kappa shape index (κ1) is 22.6. The number of nitrogens with one attached hydrogen (secondary N) is 1. The van der Waals surface area contributed by atoms with Crippen molar-refractivity contribution in [3.63, 3.8) is 0 Å². The van der Waals surface area contributed by atoms with Crippen molar-refractivity contribution in [3.8, 4) is 0 Å². The number of nitrogens with zero attached hydrogens (tertiary/aromatic N) is 2. The highest BCUT2D eigenvalue weighted by Gasteiger charge is 2.39. The SMILES string of the molecule is CC(NC(=O)C1CCCN1C1CCN(CC(F)(F)F)CC1)c1ccc2c(c1)CCCC2. The molecule has 7 heteroatoms. The molecule has 0 radical (unpaired) electrons. The molecule has 3 aliphatic rings. The minimum absolute atomic E-state index is 0.0455. The minimum atomic E-state index is -4.14. The quantitative estimate of drug-likeness (QED) is 0.749. The number of amides is 1. The zero-order valence-corrected chi connectivity index (χ0v) is 18.4. The number of fused-ring (bicyclic) bond motifs is 1. The maximum absolute atomic E-state index is 13.1. The number of likely N-dealkylation sites (tertiary alicyclic amines) is 2. The van der Waals surface area contributed by atoms with Crippen molar-refractivity contribution in [3.05, 3.63) is 34.9 Å². The van der Waals surface area contributed by atoms with Gasteiger partial charge < -0.3 is 5.32 Å². The molecule has 0 spiro atoms. The molecule has 2 saturated heterocycles. The van der Waals surface area contributed by atoms with E-state index in [-0.39, 0.29) is 24.0 Å². The van der Waals surface area contributed by atoms with Gasteiger partial charge in [-0.2, -0.15) is 13.2 Å². The van der Waals surface area contributed by atoms with Crippen LogP contribution in [-0.4, -0.2) is 60.1 Å². The van der Waals surface area contributed by atoms with Crippen molar-refractivity contribution in [2.24, 2.45) is 0 Å². The molecule has 2 unspecified atom stereocenters. The fourth-order valence-corrected chi connectivity index (χ4v) is 5.59. The Bertz CT molecular complexity index is 774. The van der Waals surface area contributed by atoms with Crippen LogP contribution in [0.4, 0.5) is 13.2 Å². The number of carbonyl (C=O) groups is 1. The van der Waals surface area contributed by atoms with E-state index in [9.17, 15) is 18.0 Å². The normalized spacial score (nSPS) is 24.7. The number of piperidine rings is 1. The summed E-state index contributed by atoms with van der Waals surface area (Å²) in [4.78, 5) is 16.8. The molecule has 2 heterocycles. The number of halogens is 3. The van der Waals surface area contributed by atoms with E-state index in [1.807, 2.05) is 6.92 Å². The molecule has 1 aromatic rings. The van der Waals surface area contributed by atoms with Gasteiger partial charge in [0.2, 0.25) is 5.91 Å². The molecule has 1 N–H and O–H groups in total. The summed E-state index contributed by atoms with van der Waals surface area (Å²) >= 11 is 0. The summed E-state index contributed by atoms with van der Waals surface area (Å²) in [6.45, 7) is 2.95. The Morgan fingerprint density at radius 3 is 2.48 bits per heavy atom. The summed E-state index contributed by atoms with van der Waals surface area (Å²) in [5, 5.41) is 3.21. The van der Waals surface area contributed by atoms with Crippen molar-refractivity contribution in [1.82, 2.24) is 15.1 Å². The van der Waals surface area contributed by atoms with Crippen LogP contribution < -0.4 is 5.32 Å². The van der Waals surface area contributed by atoms with Crippen molar-refractivity contribution < 1.29 is 18.0 Å². The van der Waals surface area contributed by atoms with E-state index in [1.165, 1.54) is 28.9 Å². The van der Waals surface area contributed by atoms with Crippen LogP contribution in [0.15, 0.2) is 18.2 Å². The predicted molar refractivity (Wildman–Crippen MR) is 115 cm³/mol. The van der Waals surface area contributed by atoms with Gasteiger partial charge in [0.1, 0.15) is 0 Å². The predicted octanol–water partition coefficient (Wildman–Crippen LogP) is 4.23. The molecule has 1 amide bonds. The smallest absolute Gasteiger partial charge is 0.348 e. The van der Waals surface area contributed by atoms with Gasteiger partial charge in [0.05, 0.1) is 18.6 Å². The van der Waals surface area contributed by atoms with Crippen LogP contribution >= 0.6 is 0 Å². The lowest BCUT2D eigenvalue weighted by Crippen LogP contribution is -2.52. The van der Waals surface area contributed by atoms with Crippen LogP contribution in [0.1, 0.15) is 68.2 Å². The number of benzene rings is 1. The molecule has 0 saturated carbocycles. The van der Waals surface area contributed by atoms with E-state index in [0.717, 1.165) is 37.8 Å². The maximum atomic E-state index is 13.1. The first-order valence-corrected chi connectivity index (χ1v) is 11.8. The van der Waals surface area contributed by atoms with Gasteiger partial charge in [0.25, 0.3) is 0 Å². The molecule has 2 aliphatic heterocycles. The van der Waals surface area contributed by atoms with Crippen LogP contribution in [0.2, 0.25) is 0 Å². The lowest BCUT2D eigenvalue weighted by Gasteiger charge is -2.39. The van der Waals surface area contributed by atoms with Crippen LogP contribution in [0, 0.1) is 0 Å². The van der Waals surface area contributed by atoms with Crippen LogP contribution in [0.5, 0.6) is 0 Å². The Morgan fingerprint density at radius 2 is 1.77 bits per heavy atom. The Kier molecular flexibility index (Phi) is 6.92. The van der Waals surface area contributed by atoms with Crippen molar-refractivity contribution in [1.29, 1.82) is 0 Å². The highest BCUT2D eigenvalue weighted by Crippen LogP contribution is 2.29. The molecular formula is C24H34F3N3O. The molecule has 31 heavy (non-hydrogen) atoms. The molecule has 1 aromatic carbocycles. The third-order valence-electron chi connectivity index (χ3n) is 7.26. The first-order valence-electron chi connectivity index (χ1n) is 11.8. The molecule has 172 valence electrons. The first-order chi connectivity index (χ1) is 14.8. The van der Waals surface area contributed by atoms with E-state index in [4.69, 9.17) is 0 Å². The molecule has 0 bridgehead atoms. The second-order valence-electron chi connectivity index (χ2n) is 9.48. The van der Waals surface area contributed by atoms with Crippen LogP contribution in [0.3, 0.4) is 0 Å². The van der Waals surface area contributed by atoms with Gasteiger partial charge in [-0.15, -0.1) is 0 Å². The van der Waals surface area contributed by atoms with Gasteiger partial charge in [-0.25, -0.2) is 0 Å². The fraction of sp³-hybridized carbons (Fsp3) is 0.708. The lowest BCUT2D eigenvalue weighted by atomic mass is 9.89. The van der Waals surface area contributed by atoms with Gasteiger partial charge in [0.15, 0.2) is 0 Å². The van der Waals surface area contributed by atoms with E-state index in [2.05, 4.69) is 28.4 Å². The fourth-order valence-electron chi connectivity index (χ4n) is 5.59. The molecule has 4 nitrogen and oxygen atoms in total. The van der Waals surface area contributed by atoms with E-state index in [1.54, 1.807) is 0 Å². The number of rotatable bonds is 5. The average Bonchev–Trinajstić information content (AvgIpc) is 3.23. The number of alkyl halides is 3. The third kappa shape index (κ3) is 5.61. The summed E-state index contributed by atoms with van der Waals surface area (Å²) < 4.78 is 38.0. The Labute approximate surface area is 183 Å². The molecular weight excluding hydrogens is 403 g/mol. The molecule has 2 atom stereocenters. The second kappa shape index (κ2) is 9.49. The number of hydrogen-bond donors (Lipinski definition) is 1. The number of hydrogen-bond acceptors (Lipinski definition) is 3. The van der Waals surface area contributed by atoms with Crippen molar-refractivity contribution >= 4 is 5.91 Å². The summed E-state index contributed by atoms with van der Waals surface area (Å²) in [5.74, 6) is 0.0560. The zero-order valence-electron chi connectivity index (χ0n) is 18.4.